The molecule has 0 unspecified atom stereocenters. The van der Waals surface area contributed by atoms with Crippen LogP contribution >= 0.6 is 0 Å². The lowest BCUT2D eigenvalue weighted by Crippen LogP contribution is -2.20. The number of Topliss-reactive ketones (excluding diaryl/α,β-unsaturated/α-hetero) is 1. The van der Waals surface area contributed by atoms with Crippen molar-refractivity contribution >= 4 is 28.4 Å². The van der Waals surface area contributed by atoms with Gasteiger partial charge in [-0.25, -0.2) is 0 Å². The number of hydrogen-bond acceptors (Lipinski definition) is 6. The zero-order valence-electron chi connectivity index (χ0n) is 15.7. The minimum absolute atomic E-state index is 0.0241. The van der Waals surface area contributed by atoms with Crippen LogP contribution in [-0.4, -0.2) is 30.9 Å². The number of carbonyl (C=O) groups excluding carboxylic acids is 2. The first-order chi connectivity index (χ1) is 14.1. The largest absolute Gasteiger partial charge is 0.457 e. The van der Waals surface area contributed by atoms with E-state index in [1.165, 1.54) is 4.57 Å². The minimum atomic E-state index is -0.500. The molecule has 2 aromatic carbocycles. The Morgan fingerprint density at radius 3 is 2.48 bits per heavy atom. The molecule has 146 valence electrons. The number of rotatable bonds is 6. The average Bonchev–Trinajstić information content (AvgIpc) is 3.19. The molecule has 0 spiro atoms. The number of esters is 1. The molecule has 2 aromatic heterocycles. The van der Waals surface area contributed by atoms with E-state index in [1.807, 2.05) is 12.1 Å². The summed E-state index contributed by atoms with van der Waals surface area (Å²) in [5.41, 5.74) is 1.03. The third kappa shape index (κ3) is 3.52. The number of hydrogen-bond donors (Lipinski definition) is 0. The van der Waals surface area contributed by atoms with Crippen LogP contribution in [-0.2, 0) is 23.2 Å². The SMILES string of the molecule is Cn1c(=O)c2ccccc2n2c(COC(=O)CCC(=O)c3ccccc3)nnc12. The number of ketones is 1. The molecule has 4 aromatic rings. The fraction of sp³-hybridized carbons (Fsp3) is 0.190. The molecule has 0 bridgehead atoms. The van der Waals surface area contributed by atoms with E-state index in [1.54, 1.807) is 53.9 Å². The van der Waals surface area contributed by atoms with Gasteiger partial charge < -0.3 is 4.74 Å². The standard InChI is InChI=1S/C21H18N4O4/c1-24-20(28)15-9-5-6-10-16(15)25-18(22-23-21(24)25)13-29-19(27)12-11-17(26)14-7-3-2-4-8-14/h2-10H,11-13H2,1H3. The van der Waals surface area contributed by atoms with Crippen LogP contribution in [0.5, 0.6) is 0 Å². The van der Waals surface area contributed by atoms with Gasteiger partial charge in [0.25, 0.3) is 5.56 Å². The normalized spacial score (nSPS) is 11.1. The van der Waals surface area contributed by atoms with Crippen molar-refractivity contribution in [2.45, 2.75) is 19.4 Å². The van der Waals surface area contributed by atoms with Gasteiger partial charge in [-0.3, -0.25) is 23.4 Å². The van der Waals surface area contributed by atoms with Crippen molar-refractivity contribution in [2.24, 2.45) is 7.05 Å². The van der Waals surface area contributed by atoms with Gasteiger partial charge in [0.05, 0.1) is 17.3 Å². The van der Waals surface area contributed by atoms with Gasteiger partial charge in [-0.2, -0.15) is 0 Å². The Morgan fingerprint density at radius 1 is 0.966 bits per heavy atom. The number of aryl methyl sites for hydroxylation is 1. The molecular formula is C21H18N4O4. The zero-order valence-corrected chi connectivity index (χ0v) is 15.7. The molecule has 8 nitrogen and oxygen atoms in total. The van der Waals surface area contributed by atoms with Crippen LogP contribution in [0.25, 0.3) is 16.7 Å². The number of para-hydroxylation sites is 1. The van der Waals surface area contributed by atoms with E-state index in [-0.39, 0.29) is 30.8 Å². The molecule has 0 saturated carbocycles. The van der Waals surface area contributed by atoms with Gasteiger partial charge in [0.15, 0.2) is 18.2 Å². The summed E-state index contributed by atoms with van der Waals surface area (Å²) in [5.74, 6) is 0.144. The van der Waals surface area contributed by atoms with Gasteiger partial charge in [-0.1, -0.05) is 42.5 Å². The molecule has 2 heterocycles. The van der Waals surface area contributed by atoms with Crippen LogP contribution in [0.15, 0.2) is 59.4 Å². The van der Waals surface area contributed by atoms with E-state index in [0.29, 0.717) is 28.1 Å². The van der Waals surface area contributed by atoms with Gasteiger partial charge in [-0.15, -0.1) is 10.2 Å². The maximum atomic E-state index is 12.4. The van der Waals surface area contributed by atoms with E-state index in [9.17, 15) is 14.4 Å². The Morgan fingerprint density at radius 2 is 1.69 bits per heavy atom. The van der Waals surface area contributed by atoms with E-state index in [4.69, 9.17) is 4.74 Å². The Kier molecular flexibility index (Phi) is 4.90. The molecule has 0 aliphatic rings. The predicted molar refractivity (Wildman–Crippen MR) is 106 cm³/mol. The lowest BCUT2D eigenvalue weighted by atomic mass is 10.1. The summed E-state index contributed by atoms with van der Waals surface area (Å²) >= 11 is 0. The first kappa shape index (κ1) is 18.5. The van der Waals surface area contributed by atoms with Crippen LogP contribution in [0.4, 0.5) is 0 Å². The van der Waals surface area contributed by atoms with Crippen molar-refractivity contribution in [3.05, 3.63) is 76.3 Å². The molecule has 0 aliphatic carbocycles. The van der Waals surface area contributed by atoms with Crippen LogP contribution in [0.2, 0.25) is 0 Å². The maximum absolute atomic E-state index is 12.4. The Labute approximate surface area is 165 Å². The molecule has 29 heavy (non-hydrogen) atoms. The first-order valence-electron chi connectivity index (χ1n) is 9.12. The summed E-state index contributed by atoms with van der Waals surface area (Å²) in [7, 11) is 1.61. The van der Waals surface area contributed by atoms with E-state index in [2.05, 4.69) is 10.2 Å². The molecule has 0 saturated heterocycles. The van der Waals surface area contributed by atoms with Crippen molar-refractivity contribution in [3.63, 3.8) is 0 Å². The van der Waals surface area contributed by atoms with Crippen molar-refractivity contribution in [1.82, 2.24) is 19.2 Å². The van der Waals surface area contributed by atoms with Crippen molar-refractivity contribution < 1.29 is 14.3 Å². The molecule has 8 heteroatoms. The van der Waals surface area contributed by atoms with Crippen LogP contribution in [0.3, 0.4) is 0 Å². The number of benzene rings is 2. The topological polar surface area (TPSA) is 95.6 Å². The molecule has 0 atom stereocenters. The highest BCUT2D eigenvalue weighted by atomic mass is 16.5. The van der Waals surface area contributed by atoms with Crippen molar-refractivity contribution in [2.75, 3.05) is 0 Å². The third-order valence-electron chi connectivity index (χ3n) is 4.71. The smallest absolute Gasteiger partial charge is 0.306 e. The summed E-state index contributed by atoms with van der Waals surface area (Å²) in [6.45, 7) is -0.109. The highest BCUT2D eigenvalue weighted by Crippen LogP contribution is 2.15. The Hall–Kier alpha value is -3.81. The van der Waals surface area contributed by atoms with Gasteiger partial charge in [-0.05, 0) is 12.1 Å². The molecule has 0 radical (unpaired) electrons. The van der Waals surface area contributed by atoms with Gasteiger partial charge in [0.2, 0.25) is 5.78 Å². The van der Waals surface area contributed by atoms with Crippen LogP contribution in [0, 0.1) is 0 Å². The fourth-order valence-corrected chi connectivity index (χ4v) is 3.19. The van der Waals surface area contributed by atoms with Crippen LogP contribution < -0.4 is 5.56 Å². The molecular weight excluding hydrogens is 372 g/mol. The number of ether oxygens (including phenoxy) is 1. The van der Waals surface area contributed by atoms with E-state index in [0.717, 1.165) is 0 Å². The van der Waals surface area contributed by atoms with Gasteiger partial charge in [0.1, 0.15) is 0 Å². The number of aromatic nitrogens is 4. The lowest BCUT2D eigenvalue weighted by molar-refractivity contribution is -0.145. The second-order valence-electron chi connectivity index (χ2n) is 6.58. The monoisotopic (exact) mass is 390 g/mol. The molecule has 0 aliphatic heterocycles. The number of nitrogens with zero attached hydrogens (tertiary/aromatic N) is 4. The Balaban J connectivity index is 1.50. The number of fused-ring (bicyclic) bond motifs is 3. The minimum Gasteiger partial charge on any atom is -0.457 e. The van der Waals surface area contributed by atoms with Crippen LogP contribution in [0.1, 0.15) is 29.0 Å². The molecule has 0 amide bonds. The second kappa shape index (κ2) is 7.67. The lowest BCUT2D eigenvalue weighted by Gasteiger charge is -2.08. The molecule has 0 N–H and O–H groups in total. The first-order valence-corrected chi connectivity index (χ1v) is 9.12. The second-order valence-corrected chi connectivity index (χ2v) is 6.58. The third-order valence-corrected chi connectivity index (χ3v) is 4.71. The number of carbonyl (C=O) groups is 2. The van der Waals surface area contributed by atoms with Crippen molar-refractivity contribution in [3.8, 4) is 0 Å². The summed E-state index contributed by atoms with van der Waals surface area (Å²) < 4.78 is 8.39. The fourth-order valence-electron chi connectivity index (χ4n) is 3.19. The quantitative estimate of drug-likeness (QED) is 0.370. The summed E-state index contributed by atoms with van der Waals surface area (Å²) in [4.78, 5) is 36.7. The average molecular weight is 390 g/mol. The highest BCUT2D eigenvalue weighted by Gasteiger charge is 2.16. The van der Waals surface area contributed by atoms with E-state index < -0.39 is 5.97 Å². The molecule has 4 rings (SSSR count). The highest BCUT2D eigenvalue weighted by molar-refractivity contribution is 5.97. The zero-order chi connectivity index (χ0) is 20.4. The van der Waals surface area contributed by atoms with Gasteiger partial charge >= 0.3 is 5.97 Å². The van der Waals surface area contributed by atoms with E-state index >= 15 is 0 Å². The Bertz CT molecular complexity index is 1270. The summed E-state index contributed by atoms with van der Waals surface area (Å²) in [6, 6.07) is 15.9. The summed E-state index contributed by atoms with van der Waals surface area (Å²) in [6.07, 6.45) is 0.0462. The van der Waals surface area contributed by atoms with Gasteiger partial charge in [0, 0.05) is 19.0 Å². The predicted octanol–water partition coefficient (Wildman–Crippen LogP) is 2.29. The summed E-state index contributed by atoms with van der Waals surface area (Å²) in [5, 5.41) is 8.64. The molecule has 0 fully saturated rings. The van der Waals surface area contributed by atoms with Crippen molar-refractivity contribution in [1.29, 1.82) is 0 Å². The maximum Gasteiger partial charge on any atom is 0.306 e.